The van der Waals surface area contributed by atoms with Gasteiger partial charge in [-0.05, 0) is 111 Å². The van der Waals surface area contributed by atoms with Crippen LogP contribution in [0, 0.1) is 0 Å². The predicted molar refractivity (Wildman–Crippen MR) is 201 cm³/mol. The molecule has 2 aliphatic rings. The van der Waals surface area contributed by atoms with Crippen LogP contribution in [0.2, 0.25) is 0 Å². The molecular weight excluding hydrogens is 583 g/mol. The highest BCUT2D eigenvalue weighted by atomic mass is 15.2. The van der Waals surface area contributed by atoms with Crippen LogP contribution >= 0.6 is 0 Å². The lowest BCUT2D eigenvalue weighted by molar-refractivity contribution is 0.448. The number of nitrogens with zero attached hydrogens (tertiary/aromatic N) is 2. The van der Waals surface area contributed by atoms with Crippen molar-refractivity contribution < 1.29 is 0 Å². The summed E-state index contributed by atoms with van der Waals surface area (Å²) in [5.41, 5.74) is 9.92. The first-order valence-corrected chi connectivity index (χ1v) is 17.1. The molecule has 1 N–H and O–H groups in total. The Morgan fingerprint density at radius 2 is 1.38 bits per heavy atom. The Morgan fingerprint density at radius 1 is 0.688 bits per heavy atom. The molecule has 3 heteroatoms. The van der Waals surface area contributed by atoms with E-state index in [9.17, 15) is 0 Å². The summed E-state index contributed by atoms with van der Waals surface area (Å²) in [4.78, 5) is 10.2. The van der Waals surface area contributed by atoms with Gasteiger partial charge in [-0.3, -0.25) is 9.98 Å². The van der Waals surface area contributed by atoms with E-state index in [-0.39, 0.29) is 0 Å². The first-order valence-electron chi connectivity index (χ1n) is 17.1. The number of fused-ring (bicyclic) bond motifs is 6. The van der Waals surface area contributed by atoms with Crippen molar-refractivity contribution in [1.29, 1.82) is 0 Å². The molecule has 9 rings (SSSR count). The summed E-state index contributed by atoms with van der Waals surface area (Å²) in [6.07, 6.45) is 7.72. The molecule has 0 fully saturated rings. The molecule has 0 saturated carbocycles. The van der Waals surface area contributed by atoms with E-state index >= 15 is 0 Å². The molecule has 2 unspecified atom stereocenters. The Morgan fingerprint density at radius 3 is 2.15 bits per heavy atom. The molecule has 3 nitrogen and oxygen atoms in total. The van der Waals surface area contributed by atoms with Gasteiger partial charge in [0.1, 0.15) is 0 Å². The van der Waals surface area contributed by atoms with E-state index in [1.165, 1.54) is 67.4 Å². The average molecular weight is 620 g/mol. The minimum absolute atomic E-state index is 0.556. The smallest absolute Gasteiger partial charge is 0.153 e. The number of allylic oxidation sites excluding steroid dienone is 1. The van der Waals surface area contributed by atoms with E-state index in [0.29, 0.717) is 5.92 Å². The summed E-state index contributed by atoms with van der Waals surface area (Å²) in [6.45, 7) is 4.60. The van der Waals surface area contributed by atoms with Gasteiger partial charge in [0.15, 0.2) is 5.66 Å². The van der Waals surface area contributed by atoms with Crippen molar-refractivity contribution in [3.8, 4) is 11.3 Å². The zero-order valence-corrected chi connectivity index (χ0v) is 27.4. The molecule has 1 aliphatic carbocycles. The molecule has 0 spiro atoms. The number of hydrogen-bond acceptors (Lipinski definition) is 3. The van der Waals surface area contributed by atoms with Gasteiger partial charge in [-0.2, -0.15) is 0 Å². The molecule has 7 aromatic rings. The van der Waals surface area contributed by atoms with E-state index in [2.05, 4.69) is 145 Å². The number of aliphatic imine (C=N–C) groups is 1. The molecule has 0 amide bonds. The average Bonchev–Trinajstić information content (AvgIpc) is 3.14. The molecule has 232 valence electrons. The summed E-state index contributed by atoms with van der Waals surface area (Å²) < 4.78 is 0. The summed E-state index contributed by atoms with van der Waals surface area (Å²) in [7, 11) is 0. The van der Waals surface area contributed by atoms with Crippen LogP contribution in [0.5, 0.6) is 0 Å². The fraction of sp³-hybridized carbons (Fsp3) is 0.156. The number of rotatable bonds is 4. The third-order valence-electron chi connectivity index (χ3n) is 10.5. The molecule has 0 bridgehead atoms. The minimum Gasteiger partial charge on any atom is -0.357 e. The lowest BCUT2D eigenvalue weighted by Gasteiger charge is -2.35. The highest BCUT2D eigenvalue weighted by Crippen LogP contribution is 2.41. The van der Waals surface area contributed by atoms with Gasteiger partial charge in [0.05, 0.1) is 11.4 Å². The van der Waals surface area contributed by atoms with Crippen molar-refractivity contribution in [3.63, 3.8) is 0 Å². The van der Waals surface area contributed by atoms with Crippen molar-refractivity contribution in [2.75, 3.05) is 0 Å². The van der Waals surface area contributed by atoms with Gasteiger partial charge >= 0.3 is 0 Å². The first-order chi connectivity index (χ1) is 23.6. The standard InChI is InChI=1S/C45H37N3/c1-29-12-11-14-32-27-40(37-18-7-8-19-38(37)44(29)32)43-28-42(39-26-31-13-3-4-15-34(31)35-16-5-6-17-36(35)39)47-45(2,48-43)33-23-21-30(22-24-33)41-20-9-10-25-46-41/h3-10,13,15-29,47H,11-12,14H2,1-2H3. The number of aromatic nitrogens is 1. The van der Waals surface area contributed by atoms with Gasteiger partial charge in [-0.25, -0.2) is 0 Å². The summed E-state index contributed by atoms with van der Waals surface area (Å²) in [5.74, 6) is 0.556. The topological polar surface area (TPSA) is 37.3 Å². The molecule has 6 aromatic carbocycles. The van der Waals surface area contributed by atoms with E-state index in [0.717, 1.165) is 34.7 Å². The molecule has 1 aromatic heterocycles. The largest absolute Gasteiger partial charge is 0.357 e. The second kappa shape index (κ2) is 11.3. The number of aryl methyl sites for hydroxylation is 1. The lowest BCUT2D eigenvalue weighted by Crippen LogP contribution is -2.40. The van der Waals surface area contributed by atoms with Crippen LogP contribution in [0.25, 0.3) is 49.3 Å². The third kappa shape index (κ3) is 4.73. The minimum atomic E-state index is -0.709. The zero-order valence-electron chi connectivity index (χ0n) is 27.4. The molecule has 2 heterocycles. The predicted octanol–water partition coefficient (Wildman–Crippen LogP) is 11.0. The highest BCUT2D eigenvalue weighted by molar-refractivity contribution is 6.21. The zero-order chi connectivity index (χ0) is 32.2. The van der Waals surface area contributed by atoms with Crippen LogP contribution in [-0.2, 0) is 12.1 Å². The fourth-order valence-corrected chi connectivity index (χ4v) is 8.13. The van der Waals surface area contributed by atoms with Crippen LogP contribution < -0.4 is 5.32 Å². The fourth-order valence-electron chi connectivity index (χ4n) is 8.13. The highest BCUT2D eigenvalue weighted by Gasteiger charge is 2.33. The van der Waals surface area contributed by atoms with Gasteiger partial charge in [0.25, 0.3) is 0 Å². The Balaban J connectivity index is 1.28. The maximum absolute atomic E-state index is 5.61. The number of benzene rings is 6. The normalized spacial score (nSPS) is 19.1. The number of hydrogen-bond donors (Lipinski definition) is 1. The third-order valence-corrected chi connectivity index (χ3v) is 10.5. The van der Waals surface area contributed by atoms with Crippen molar-refractivity contribution >= 4 is 43.7 Å². The Bertz CT molecular complexity index is 2420. The van der Waals surface area contributed by atoms with E-state index in [1.54, 1.807) is 0 Å². The molecular formula is C45H37N3. The first kappa shape index (κ1) is 28.7. The van der Waals surface area contributed by atoms with Crippen LogP contribution in [0.4, 0.5) is 0 Å². The molecule has 2 atom stereocenters. The van der Waals surface area contributed by atoms with Gasteiger partial charge in [-0.1, -0.05) is 110 Å². The number of pyridine rings is 1. The number of nitrogens with one attached hydrogen (secondary N) is 1. The Labute approximate surface area is 281 Å². The van der Waals surface area contributed by atoms with Gasteiger partial charge in [0.2, 0.25) is 0 Å². The van der Waals surface area contributed by atoms with E-state index in [4.69, 9.17) is 4.99 Å². The monoisotopic (exact) mass is 619 g/mol. The Kier molecular flexibility index (Phi) is 6.76. The second-order valence-corrected chi connectivity index (χ2v) is 13.6. The van der Waals surface area contributed by atoms with Crippen molar-refractivity contribution in [3.05, 3.63) is 167 Å². The molecule has 0 saturated heterocycles. The van der Waals surface area contributed by atoms with E-state index in [1.807, 2.05) is 18.3 Å². The van der Waals surface area contributed by atoms with Gasteiger partial charge in [-0.15, -0.1) is 0 Å². The van der Waals surface area contributed by atoms with Gasteiger partial charge < -0.3 is 5.32 Å². The van der Waals surface area contributed by atoms with Crippen LogP contribution in [0.1, 0.15) is 60.4 Å². The summed E-state index contributed by atoms with van der Waals surface area (Å²) in [5, 5.41) is 11.6. The molecule has 48 heavy (non-hydrogen) atoms. The van der Waals surface area contributed by atoms with Crippen LogP contribution in [0.3, 0.4) is 0 Å². The maximum atomic E-state index is 5.61. The SMILES string of the molecule is CC1CCCc2cc(C3=NC(C)(c4ccc(-c5ccccn5)cc4)NC(c4cc5ccccc5c5ccccc45)=C3)c3ccccc3c21. The second-order valence-electron chi connectivity index (χ2n) is 13.6. The summed E-state index contributed by atoms with van der Waals surface area (Å²) in [6, 6.07) is 46.0. The maximum Gasteiger partial charge on any atom is 0.153 e. The van der Waals surface area contributed by atoms with Crippen LogP contribution in [-0.4, -0.2) is 10.7 Å². The van der Waals surface area contributed by atoms with E-state index < -0.39 is 5.66 Å². The van der Waals surface area contributed by atoms with Gasteiger partial charge in [0, 0.05) is 28.6 Å². The molecule has 0 radical (unpaired) electrons. The van der Waals surface area contributed by atoms with Crippen molar-refractivity contribution in [2.45, 2.75) is 44.7 Å². The summed E-state index contributed by atoms with van der Waals surface area (Å²) >= 11 is 0. The quantitative estimate of drug-likeness (QED) is 0.199. The lowest BCUT2D eigenvalue weighted by atomic mass is 9.79. The van der Waals surface area contributed by atoms with Crippen molar-refractivity contribution in [1.82, 2.24) is 10.3 Å². The van der Waals surface area contributed by atoms with Crippen molar-refractivity contribution in [2.24, 2.45) is 4.99 Å². The van der Waals surface area contributed by atoms with Crippen LogP contribution in [0.15, 0.2) is 145 Å². The Hall–Kier alpha value is -5.54. The molecule has 1 aliphatic heterocycles.